The van der Waals surface area contributed by atoms with E-state index in [1.54, 1.807) is 6.07 Å². The summed E-state index contributed by atoms with van der Waals surface area (Å²) in [6.07, 6.45) is 1.53. The van der Waals surface area contributed by atoms with E-state index < -0.39 is 0 Å². The minimum Gasteiger partial charge on any atom is -0.492 e. The Kier molecular flexibility index (Phi) is 2.51. The molecule has 0 aliphatic heterocycles. The van der Waals surface area contributed by atoms with Crippen molar-refractivity contribution in [2.75, 3.05) is 6.61 Å². The molecule has 1 aromatic heterocycles. The fourth-order valence-corrected chi connectivity index (χ4v) is 1.23. The molecule has 1 aromatic rings. The van der Waals surface area contributed by atoms with Gasteiger partial charge >= 0.3 is 0 Å². The van der Waals surface area contributed by atoms with Crippen molar-refractivity contribution >= 4 is 17.4 Å². The van der Waals surface area contributed by atoms with Crippen molar-refractivity contribution in [3.05, 3.63) is 22.9 Å². The summed E-state index contributed by atoms with van der Waals surface area (Å²) in [5.74, 6) is 0.829. The van der Waals surface area contributed by atoms with Crippen LogP contribution >= 0.6 is 11.3 Å². The lowest BCUT2D eigenvalue weighted by Crippen LogP contribution is -1.89. The van der Waals surface area contributed by atoms with Gasteiger partial charge < -0.3 is 4.74 Å². The van der Waals surface area contributed by atoms with Gasteiger partial charge in [0.25, 0.3) is 0 Å². The molecule has 0 bridgehead atoms. The standard InChI is InChI=1S/C8H8OS/c1-3-8-7(9-4-2)5-6-10-8/h1,3,5H,4H2,2H3. The predicted molar refractivity (Wildman–Crippen MR) is 43.1 cm³/mol. The highest BCUT2D eigenvalue weighted by Crippen LogP contribution is 2.24. The molecule has 10 heavy (non-hydrogen) atoms. The van der Waals surface area contributed by atoms with E-state index in [-0.39, 0.29) is 0 Å². The summed E-state index contributed by atoms with van der Waals surface area (Å²) in [4.78, 5) is 0.946. The first kappa shape index (κ1) is 7.35. The monoisotopic (exact) mass is 152 g/mol. The number of hydrogen-bond donors (Lipinski definition) is 0. The molecule has 1 heterocycles. The maximum absolute atomic E-state index is 5.31. The van der Waals surface area contributed by atoms with Crippen molar-refractivity contribution in [3.63, 3.8) is 0 Å². The highest BCUT2D eigenvalue weighted by Gasteiger charge is 1.99. The first-order valence-electron chi connectivity index (χ1n) is 3.06. The summed E-state index contributed by atoms with van der Waals surface area (Å²) < 4.78 is 5.24. The lowest BCUT2D eigenvalue weighted by molar-refractivity contribution is 0.341. The lowest BCUT2D eigenvalue weighted by atomic mass is 10.4. The molecular weight excluding hydrogens is 144 g/mol. The molecule has 0 aromatic carbocycles. The molecule has 0 fully saturated rings. The largest absolute Gasteiger partial charge is 0.492 e. The molecule has 0 atom stereocenters. The van der Waals surface area contributed by atoms with Crippen LogP contribution in [-0.2, 0) is 0 Å². The summed E-state index contributed by atoms with van der Waals surface area (Å²) in [5, 5.41) is 2.94. The second-order valence-electron chi connectivity index (χ2n) is 1.69. The summed E-state index contributed by atoms with van der Waals surface area (Å²) in [6, 6.07) is 1.80. The molecule has 0 saturated carbocycles. The van der Waals surface area contributed by atoms with Crippen molar-refractivity contribution < 1.29 is 4.74 Å². The zero-order valence-corrected chi connectivity index (χ0v) is 6.57. The van der Waals surface area contributed by atoms with E-state index in [0.29, 0.717) is 6.61 Å². The van der Waals surface area contributed by atoms with Crippen molar-refractivity contribution in [2.45, 2.75) is 6.92 Å². The normalized spacial score (nSPS) is 9.30. The average molecular weight is 152 g/mol. The maximum Gasteiger partial charge on any atom is 0.137 e. The minimum absolute atomic E-state index is 0.672. The van der Waals surface area contributed by atoms with Crippen molar-refractivity contribution in [2.24, 2.45) is 0 Å². The Morgan fingerprint density at radius 2 is 2.70 bits per heavy atom. The average Bonchev–Trinajstić information content (AvgIpc) is 2.36. The van der Waals surface area contributed by atoms with Gasteiger partial charge in [0.1, 0.15) is 5.75 Å². The minimum atomic E-state index is 0.672. The summed E-state index contributed by atoms with van der Waals surface area (Å²) >= 11 is 1.46. The third-order valence-corrected chi connectivity index (χ3v) is 1.85. The number of thiophene rings is 1. The van der Waals surface area contributed by atoms with Crippen LogP contribution in [0.15, 0.2) is 6.07 Å². The molecule has 1 rings (SSSR count). The first-order valence-corrected chi connectivity index (χ1v) is 3.87. The van der Waals surface area contributed by atoms with Gasteiger partial charge in [0.2, 0.25) is 0 Å². The number of ether oxygens (including phenoxy) is 1. The summed E-state index contributed by atoms with van der Waals surface area (Å²) in [7, 11) is 0. The van der Waals surface area contributed by atoms with Crippen LogP contribution < -0.4 is 4.74 Å². The van der Waals surface area contributed by atoms with Crippen LogP contribution in [-0.4, -0.2) is 6.61 Å². The molecule has 52 valence electrons. The fraction of sp³-hybridized carbons (Fsp3) is 0.250. The van der Waals surface area contributed by atoms with Gasteiger partial charge in [-0.15, -0.1) is 11.3 Å². The van der Waals surface area contributed by atoms with Gasteiger partial charge in [-0.05, 0) is 13.0 Å². The Morgan fingerprint density at radius 1 is 1.90 bits per heavy atom. The van der Waals surface area contributed by atoms with E-state index in [2.05, 4.69) is 5.38 Å². The lowest BCUT2D eigenvalue weighted by Gasteiger charge is -1.98. The molecule has 0 unspecified atom stereocenters. The van der Waals surface area contributed by atoms with Gasteiger partial charge in [-0.3, -0.25) is 0 Å². The Morgan fingerprint density at radius 3 is 3.30 bits per heavy atom. The van der Waals surface area contributed by atoms with Gasteiger partial charge in [-0.25, -0.2) is 0 Å². The van der Waals surface area contributed by atoms with Crippen LogP contribution in [0.4, 0.5) is 0 Å². The zero-order valence-electron chi connectivity index (χ0n) is 5.76. The van der Waals surface area contributed by atoms with Gasteiger partial charge in [-0.1, -0.05) is 6.58 Å². The third-order valence-electron chi connectivity index (χ3n) is 1.05. The third kappa shape index (κ3) is 1.39. The molecular formula is C8H8OS. The van der Waals surface area contributed by atoms with Crippen molar-refractivity contribution in [1.82, 2.24) is 0 Å². The van der Waals surface area contributed by atoms with E-state index in [1.165, 1.54) is 17.4 Å². The molecule has 2 heteroatoms. The molecule has 0 spiro atoms. The molecule has 0 aliphatic rings. The highest BCUT2D eigenvalue weighted by atomic mass is 32.1. The SMILES string of the molecule is [CH]=Cc1s[c]cc1OCC. The number of hydrogen-bond acceptors (Lipinski definition) is 2. The highest BCUT2D eigenvalue weighted by molar-refractivity contribution is 7.10. The van der Waals surface area contributed by atoms with Crippen LogP contribution in [0.1, 0.15) is 11.8 Å². The fourth-order valence-electron chi connectivity index (χ4n) is 0.652. The van der Waals surface area contributed by atoms with Crippen LogP contribution in [0.2, 0.25) is 0 Å². The van der Waals surface area contributed by atoms with Gasteiger partial charge in [0, 0.05) is 11.4 Å². The molecule has 0 saturated heterocycles. The van der Waals surface area contributed by atoms with E-state index in [0.717, 1.165) is 10.6 Å². The van der Waals surface area contributed by atoms with Gasteiger partial charge in [0.05, 0.1) is 11.5 Å². The van der Waals surface area contributed by atoms with E-state index in [9.17, 15) is 0 Å². The van der Waals surface area contributed by atoms with Crippen LogP contribution in [0.5, 0.6) is 5.75 Å². The quantitative estimate of drug-likeness (QED) is 0.646. The Labute approximate surface area is 65.0 Å². The van der Waals surface area contributed by atoms with Crippen molar-refractivity contribution in [3.8, 4) is 5.75 Å². The Balaban J connectivity index is 2.79. The van der Waals surface area contributed by atoms with E-state index in [4.69, 9.17) is 11.3 Å². The molecule has 2 radical (unpaired) electrons. The van der Waals surface area contributed by atoms with Crippen LogP contribution in [0.3, 0.4) is 0 Å². The van der Waals surface area contributed by atoms with Gasteiger partial charge in [-0.2, -0.15) is 0 Å². The topological polar surface area (TPSA) is 9.23 Å². The Bertz CT molecular complexity index is 215. The first-order chi connectivity index (χ1) is 4.88. The Hall–Kier alpha value is -0.760. The van der Waals surface area contributed by atoms with Crippen LogP contribution in [0, 0.1) is 12.0 Å². The zero-order chi connectivity index (χ0) is 7.40. The summed E-state index contributed by atoms with van der Waals surface area (Å²) in [5.41, 5.74) is 0. The smallest absolute Gasteiger partial charge is 0.137 e. The van der Waals surface area contributed by atoms with Crippen molar-refractivity contribution in [1.29, 1.82) is 0 Å². The second-order valence-corrected chi connectivity index (χ2v) is 2.57. The molecule has 0 amide bonds. The molecule has 0 N–H and O–H groups in total. The molecule has 0 aliphatic carbocycles. The van der Waals surface area contributed by atoms with Gasteiger partial charge in [0.15, 0.2) is 0 Å². The summed E-state index contributed by atoms with van der Waals surface area (Å²) in [6.45, 7) is 7.93. The maximum atomic E-state index is 5.31. The molecule has 1 nitrogen and oxygen atoms in total. The number of rotatable bonds is 3. The predicted octanol–water partition coefficient (Wildman–Crippen LogP) is 2.39. The van der Waals surface area contributed by atoms with Crippen LogP contribution in [0.25, 0.3) is 6.08 Å². The second kappa shape index (κ2) is 3.42. The van der Waals surface area contributed by atoms with E-state index in [1.807, 2.05) is 6.92 Å². The van der Waals surface area contributed by atoms with E-state index >= 15 is 0 Å².